The van der Waals surface area contributed by atoms with Gasteiger partial charge in [-0.25, -0.2) is 8.78 Å². The smallest absolute Gasteiger partial charge is 0.126 e. The Morgan fingerprint density at radius 3 is 2.17 bits per heavy atom. The molecule has 0 aromatic heterocycles. The lowest BCUT2D eigenvalue weighted by atomic mass is 10.0. The standard InChI is InChI=1S/C14H21F2NO/c1-9(2)4-14(18)8-17-10(3)11-5-12(15)7-13(16)6-11/h5-7,9-10,14,17-18H,4,8H2,1-3H3. The third-order valence-electron chi connectivity index (χ3n) is 2.79. The van der Waals surface area contributed by atoms with Crippen molar-refractivity contribution in [1.82, 2.24) is 5.32 Å². The molecule has 1 aromatic rings. The van der Waals surface area contributed by atoms with Crippen LogP contribution >= 0.6 is 0 Å². The number of benzene rings is 1. The van der Waals surface area contributed by atoms with Crippen LogP contribution in [0.3, 0.4) is 0 Å². The third-order valence-corrected chi connectivity index (χ3v) is 2.79. The van der Waals surface area contributed by atoms with E-state index in [0.717, 1.165) is 6.07 Å². The first kappa shape index (κ1) is 15.1. The Labute approximate surface area is 107 Å². The van der Waals surface area contributed by atoms with Crippen molar-refractivity contribution in [2.75, 3.05) is 6.54 Å². The van der Waals surface area contributed by atoms with Gasteiger partial charge >= 0.3 is 0 Å². The van der Waals surface area contributed by atoms with Gasteiger partial charge in [-0.3, -0.25) is 0 Å². The number of rotatable bonds is 6. The van der Waals surface area contributed by atoms with Crippen LogP contribution < -0.4 is 5.32 Å². The van der Waals surface area contributed by atoms with E-state index in [1.54, 1.807) is 0 Å². The molecule has 1 rings (SSSR count). The Kier molecular flexibility index (Phi) is 5.69. The van der Waals surface area contributed by atoms with Crippen molar-refractivity contribution in [3.63, 3.8) is 0 Å². The van der Waals surface area contributed by atoms with Crippen LogP contribution in [0.1, 0.15) is 38.8 Å². The molecule has 0 aliphatic carbocycles. The SMILES string of the molecule is CC(C)CC(O)CNC(C)c1cc(F)cc(F)c1. The number of aliphatic hydroxyl groups is 1. The highest BCUT2D eigenvalue weighted by Crippen LogP contribution is 2.16. The number of halogens is 2. The fourth-order valence-corrected chi connectivity index (χ4v) is 1.88. The zero-order valence-corrected chi connectivity index (χ0v) is 11.1. The van der Waals surface area contributed by atoms with E-state index in [0.29, 0.717) is 24.4 Å². The van der Waals surface area contributed by atoms with Gasteiger partial charge in [-0.2, -0.15) is 0 Å². The third kappa shape index (κ3) is 5.10. The Morgan fingerprint density at radius 1 is 1.11 bits per heavy atom. The maximum Gasteiger partial charge on any atom is 0.126 e. The lowest BCUT2D eigenvalue weighted by Gasteiger charge is -2.18. The van der Waals surface area contributed by atoms with Gasteiger partial charge in [0.2, 0.25) is 0 Å². The monoisotopic (exact) mass is 257 g/mol. The second-order valence-corrected chi connectivity index (χ2v) is 5.12. The molecule has 0 aliphatic rings. The summed E-state index contributed by atoms with van der Waals surface area (Å²) in [6, 6.07) is 3.26. The predicted molar refractivity (Wildman–Crippen MR) is 68.2 cm³/mol. The Morgan fingerprint density at radius 2 is 1.67 bits per heavy atom. The van der Waals surface area contributed by atoms with Gasteiger partial charge in [0, 0.05) is 18.7 Å². The molecule has 2 unspecified atom stereocenters. The van der Waals surface area contributed by atoms with Crippen molar-refractivity contribution in [3.05, 3.63) is 35.4 Å². The summed E-state index contributed by atoms with van der Waals surface area (Å²) in [7, 11) is 0. The molecule has 0 fully saturated rings. The Hall–Kier alpha value is -1.00. The summed E-state index contributed by atoms with van der Waals surface area (Å²) < 4.78 is 26.1. The zero-order chi connectivity index (χ0) is 13.7. The van der Waals surface area contributed by atoms with Crippen LogP contribution in [0.2, 0.25) is 0 Å². The summed E-state index contributed by atoms with van der Waals surface area (Å²) in [6.07, 6.45) is 0.267. The minimum absolute atomic E-state index is 0.197. The second kappa shape index (κ2) is 6.81. The highest BCUT2D eigenvalue weighted by atomic mass is 19.1. The Bertz CT molecular complexity index is 362. The van der Waals surface area contributed by atoms with Crippen LogP contribution in [0.15, 0.2) is 18.2 Å². The molecule has 4 heteroatoms. The van der Waals surface area contributed by atoms with Gasteiger partial charge in [0.25, 0.3) is 0 Å². The van der Waals surface area contributed by atoms with Crippen LogP contribution in [0, 0.1) is 17.6 Å². The quantitative estimate of drug-likeness (QED) is 0.821. The molecule has 1 aromatic carbocycles. The molecule has 0 bridgehead atoms. The molecule has 0 saturated heterocycles. The molecule has 0 radical (unpaired) electrons. The van der Waals surface area contributed by atoms with Gasteiger partial charge in [-0.1, -0.05) is 13.8 Å². The number of nitrogens with one attached hydrogen (secondary N) is 1. The van der Waals surface area contributed by atoms with E-state index in [2.05, 4.69) is 5.32 Å². The maximum atomic E-state index is 13.0. The fraction of sp³-hybridized carbons (Fsp3) is 0.571. The lowest BCUT2D eigenvalue weighted by Crippen LogP contribution is -2.30. The lowest BCUT2D eigenvalue weighted by molar-refractivity contribution is 0.143. The predicted octanol–water partition coefficient (Wildman–Crippen LogP) is 3.02. The average Bonchev–Trinajstić information content (AvgIpc) is 2.23. The van der Waals surface area contributed by atoms with Gasteiger partial charge in [-0.15, -0.1) is 0 Å². The molecule has 2 N–H and O–H groups in total. The van der Waals surface area contributed by atoms with E-state index in [1.165, 1.54) is 12.1 Å². The number of hydrogen-bond acceptors (Lipinski definition) is 2. The highest BCUT2D eigenvalue weighted by Gasteiger charge is 2.11. The molecule has 0 saturated carbocycles. The first-order valence-electron chi connectivity index (χ1n) is 6.26. The van der Waals surface area contributed by atoms with Crippen LogP contribution in [-0.2, 0) is 0 Å². The Balaban J connectivity index is 2.52. The molecule has 0 aliphatic heterocycles. The largest absolute Gasteiger partial charge is 0.392 e. The van der Waals surface area contributed by atoms with Crippen molar-refractivity contribution in [2.45, 2.75) is 39.3 Å². The van der Waals surface area contributed by atoms with Crippen molar-refractivity contribution < 1.29 is 13.9 Å². The van der Waals surface area contributed by atoms with Gasteiger partial charge < -0.3 is 10.4 Å². The van der Waals surface area contributed by atoms with Crippen LogP contribution in [-0.4, -0.2) is 17.8 Å². The van der Waals surface area contributed by atoms with E-state index >= 15 is 0 Å². The van der Waals surface area contributed by atoms with Crippen molar-refractivity contribution in [3.8, 4) is 0 Å². The molecule has 0 heterocycles. The molecule has 0 spiro atoms. The summed E-state index contributed by atoms with van der Waals surface area (Å²) in [5, 5.41) is 12.8. The van der Waals surface area contributed by atoms with E-state index in [1.807, 2.05) is 20.8 Å². The van der Waals surface area contributed by atoms with Gasteiger partial charge in [0.1, 0.15) is 11.6 Å². The molecule has 2 atom stereocenters. The van der Waals surface area contributed by atoms with Crippen molar-refractivity contribution >= 4 is 0 Å². The minimum atomic E-state index is -0.582. The average molecular weight is 257 g/mol. The van der Waals surface area contributed by atoms with Crippen molar-refractivity contribution in [2.24, 2.45) is 5.92 Å². The normalized spacial score (nSPS) is 14.8. The summed E-state index contributed by atoms with van der Waals surface area (Å²) in [4.78, 5) is 0. The van der Waals surface area contributed by atoms with Gasteiger partial charge in [0.05, 0.1) is 6.10 Å². The second-order valence-electron chi connectivity index (χ2n) is 5.12. The number of hydrogen-bond donors (Lipinski definition) is 2. The first-order valence-corrected chi connectivity index (χ1v) is 6.26. The van der Waals surface area contributed by atoms with E-state index in [9.17, 15) is 13.9 Å². The van der Waals surface area contributed by atoms with E-state index in [-0.39, 0.29) is 6.04 Å². The molecule has 0 amide bonds. The summed E-state index contributed by atoms with van der Waals surface area (Å²) in [5.74, 6) is -0.744. The summed E-state index contributed by atoms with van der Waals surface area (Å²) >= 11 is 0. The van der Waals surface area contributed by atoms with E-state index in [4.69, 9.17) is 0 Å². The van der Waals surface area contributed by atoms with E-state index < -0.39 is 17.7 Å². The van der Waals surface area contributed by atoms with Gasteiger partial charge in [-0.05, 0) is 37.0 Å². The highest BCUT2D eigenvalue weighted by molar-refractivity contribution is 5.20. The van der Waals surface area contributed by atoms with Crippen LogP contribution in [0.25, 0.3) is 0 Å². The maximum absolute atomic E-state index is 13.0. The topological polar surface area (TPSA) is 32.3 Å². The zero-order valence-electron chi connectivity index (χ0n) is 11.1. The molecule has 2 nitrogen and oxygen atoms in total. The number of aliphatic hydroxyl groups excluding tert-OH is 1. The molecule has 102 valence electrons. The van der Waals surface area contributed by atoms with Crippen LogP contribution in [0.5, 0.6) is 0 Å². The summed E-state index contributed by atoms with van der Waals surface area (Å²) in [6.45, 7) is 6.30. The van der Waals surface area contributed by atoms with Crippen LogP contribution in [0.4, 0.5) is 8.78 Å². The fourth-order valence-electron chi connectivity index (χ4n) is 1.88. The molecular weight excluding hydrogens is 236 g/mol. The van der Waals surface area contributed by atoms with Crippen molar-refractivity contribution in [1.29, 1.82) is 0 Å². The minimum Gasteiger partial charge on any atom is -0.392 e. The molecular formula is C14H21F2NO. The first-order chi connectivity index (χ1) is 8.38. The summed E-state index contributed by atoms with van der Waals surface area (Å²) in [5.41, 5.74) is 0.546. The molecule has 18 heavy (non-hydrogen) atoms. The van der Waals surface area contributed by atoms with Gasteiger partial charge in [0.15, 0.2) is 0 Å².